The van der Waals surface area contributed by atoms with Gasteiger partial charge >= 0.3 is 5.97 Å². The topological polar surface area (TPSA) is 133 Å². The fraction of sp³-hybridized carbons (Fsp3) is 0.130. The molecule has 4 aromatic rings. The van der Waals surface area contributed by atoms with Crippen molar-refractivity contribution in [2.45, 2.75) is 13.0 Å². The van der Waals surface area contributed by atoms with Gasteiger partial charge in [-0.1, -0.05) is 23.5 Å². The summed E-state index contributed by atoms with van der Waals surface area (Å²) in [6.07, 6.45) is 0. The Bertz CT molecular complexity index is 1560. The Kier molecular flexibility index (Phi) is 4.98. The molecule has 0 saturated heterocycles. The first kappa shape index (κ1) is 21.5. The van der Waals surface area contributed by atoms with Crippen molar-refractivity contribution in [1.82, 2.24) is 4.98 Å². The molecule has 2 aromatic carbocycles. The molecule has 5 rings (SSSR count). The zero-order valence-electron chi connectivity index (χ0n) is 17.8. The third kappa shape index (κ3) is 3.17. The highest BCUT2D eigenvalue weighted by molar-refractivity contribution is 7.17. The molecule has 34 heavy (non-hydrogen) atoms. The fourth-order valence-corrected chi connectivity index (χ4v) is 4.99. The summed E-state index contributed by atoms with van der Waals surface area (Å²) in [6.45, 7) is 1.61. The van der Waals surface area contributed by atoms with Gasteiger partial charge in [-0.05, 0) is 36.8 Å². The van der Waals surface area contributed by atoms with Crippen molar-refractivity contribution < 1.29 is 23.7 Å². The molecule has 1 unspecified atom stereocenters. The van der Waals surface area contributed by atoms with Gasteiger partial charge in [0.2, 0.25) is 5.76 Å². The number of ether oxygens (including phenoxy) is 1. The Hall–Kier alpha value is -4.38. The van der Waals surface area contributed by atoms with Crippen LogP contribution in [0.2, 0.25) is 0 Å². The van der Waals surface area contributed by atoms with Gasteiger partial charge in [0.1, 0.15) is 10.5 Å². The molecule has 0 aliphatic carbocycles. The standard InChI is InChI=1S/C23H15N3O7S/c1-11-20(22(29)32-2)34-23(24-11)25-17(12-7-9-13(10-8-12)26(30)31)16-18(27)14-5-3-4-6-15(14)33-19(16)21(25)28/h3-10,17H,1-2H3. The van der Waals surface area contributed by atoms with Crippen LogP contribution in [0.25, 0.3) is 11.0 Å². The molecule has 0 radical (unpaired) electrons. The van der Waals surface area contributed by atoms with Crippen LogP contribution in [-0.4, -0.2) is 28.9 Å². The molecule has 170 valence electrons. The van der Waals surface area contributed by atoms with Gasteiger partial charge in [0.05, 0.1) is 34.7 Å². The lowest BCUT2D eigenvalue weighted by atomic mass is 9.98. The van der Waals surface area contributed by atoms with Crippen molar-refractivity contribution in [2.24, 2.45) is 0 Å². The van der Waals surface area contributed by atoms with Crippen LogP contribution in [0.15, 0.2) is 57.7 Å². The molecule has 0 N–H and O–H groups in total. The van der Waals surface area contributed by atoms with Crippen LogP contribution in [0.1, 0.15) is 43.1 Å². The summed E-state index contributed by atoms with van der Waals surface area (Å²) in [5.41, 5.74) is 0.649. The largest absolute Gasteiger partial charge is 0.465 e. The van der Waals surface area contributed by atoms with Crippen molar-refractivity contribution in [3.05, 3.63) is 96.3 Å². The van der Waals surface area contributed by atoms with E-state index in [0.717, 1.165) is 11.3 Å². The molecular formula is C23H15N3O7S. The summed E-state index contributed by atoms with van der Waals surface area (Å²) in [5.74, 6) is -1.34. The van der Waals surface area contributed by atoms with E-state index in [1.165, 1.54) is 36.3 Å². The van der Waals surface area contributed by atoms with E-state index in [1.54, 1.807) is 31.2 Å². The van der Waals surface area contributed by atoms with Crippen LogP contribution in [0, 0.1) is 17.0 Å². The number of fused-ring (bicyclic) bond motifs is 2. The molecule has 3 heterocycles. The predicted molar refractivity (Wildman–Crippen MR) is 122 cm³/mol. The third-order valence-electron chi connectivity index (χ3n) is 5.56. The first-order valence-electron chi connectivity index (χ1n) is 10.0. The molecule has 2 aromatic heterocycles. The number of amides is 1. The second kappa shape index (κ2) is 7.89. The van der Waals surface area contributed by atoms with E-state index in [9.17, 15) is 24.5 Å². The number of hydrogen-bond donors (Lipinski definition) is 0. The molecule has 10 nitrogen and oxygen atoms in total. The van der Waals surface area contributed by atoms with Gasteiger partial charge in [0, 0.05) is 12.1 Å². The number of carbonyl (C=O) groups excluding carboxylic acids is 2. The molecule has 0 saturated carbocycles. The van der Waals surface area contributed by atoms with Gasteiger partial charge in [-0.15, -0.1) is 0 Å². The number of aromatic nitrogens is 1. The second-order valence-electron chi connectivity index (χ2n) is 7.50. The molecule has 1 atom stereocenters. The first-order valence-corrected chi connectivity index (χ1v) is 10.8. The molecule has 0 fully saturated rings. The number of nitro groups is 1. The van der Waals surface area contributed by atoms with Gasteiger partial charge in [0.15, 0.2) is 10.6 Å². The maximum Gasteiger partial charge on any atom is 0.350 e. The van der Waals surface area contributed by atoms with Gasteiger partial charge < -0.3 is 9.15 Å². The van der Waals surface area contributed by atoms with Gasteiger partial charge in [-0.3, -0.25) is 24.6 Å². The highest BCUT2D eigenvalue weighted by atomic mass is 32.1. The quantitative estimate of drug-likeness (QED) is 0.245. The Labute approximate surface area is 195 Å². The summed E-state index contributed by atoms with van der Waals surface area (Å²) < 4.78 is 10.7. The minimum absolute atomic E-state index is 0.102. The van der Waals surface area contributed by atoms with Gasteiger partial charge in [-0.2, -0.15) is 0 Å². The molecule has 1 aliphatic rings. The zero-order valence-corrected chi connectivity index (χ0v) is 18.6. The first-order chi connectivity index (χ1) is 16.3. The third-order valence-corrected chi connectivity index (χ3v) is 6.70. The van der Waals surface area contributed by atoms with Crippen molar-refractivity contribution >= 4 is 45.0 Å². The lowest BCUT2D eigenvalue weighted by molar-refractivity contribution is -0.384. The maximum atomic E-state index is 13.5. The van der Waals surface area contributed by atoms with Crippen LogP contribution in [0.5, 0.6) is 0 Å². The Morgan fingerprint density at radius 2 is 1.88 bits per heavy atom. The monoisotopic (exact) mass is 477 g/mol. The van der Waals surface area contributed by atoms with Crippen LogP contribution < -0.4 is 10.3 Å². The number of carbonyl (C=O) groups is 2. The number of hydrogen-bond acceptors (Lipinski definition) is 9. The molecule has 1 aliphatic heterocycles. The average Bonchev–Trinajstić information content (AvgIpc) is 3.36. The highest BCUT2D eigenvalue weighted by Gasteiger charge is 2.45. The number of rotatable bonds is 4. The molecule has 0 spiro atoms. The number of nitro benzene ring substituents is 1. The van der Waals surface area contributed by atoms with E-state index in [-0.39, 0.29) is 32.6 Å². The van der Waals surface area contributed by atoms with E-state index < -0.39 is 28.3 Å². The number of non-ortho nitro benzene ring substituents is 1. The number of esters is 1. The van der Waals surface area contributed by atoms with E-state index >= 15 is 0 Å². The van der Waals surface area contributed by atoms with Crippen molar-refractivity contribution in [3.63, 3.8) is 0 Å². The smallest absolute Gasteiger partial charge is 0.350 e. The zero-order chi connectivity index (χ0) is 24.1. The predicted octanol–water partition coefficient (Wildman–Crippen LogP) is 4.00. The van der Waals surface area contributed by atoms with Crippen molar-refractivity contribution in [2.75, 3.05) is 12.0 Å². The fourth-order valence-electron chi connectivity index (χ4n) is 3.98. The Morgan fingerprint density at radius 3 is 2.56 bits per heavy atom. The minimum Gasteiger partial charge on any atom is -0.465 e. The lowest BCUT2D eigenvalue weighted by Gasteiger charge is -2.22. The molecule has 0 bridgehead atoms. The summed E-state index contributed by atoms with van der Waals surface area (Å²) in [6, 6.07) is 11.2. The highest BCUT2D eigenvalue weighted by Crippen LogP contribution is 2.43. The summed E-state index contributed by atoms with van der Waals surface area (Å²) in [5, 5.41) is 11.6. The Balaban J connectivity index is 1.76. The average molecular weight is 477 g/mol. The van der Waals surface area contributed by atoms with E-state index in [1.807, 2.05) is 0 Å². The number of benzene rings is 2. The number of para-hydroxylation sites is 1. The Morgan fingerprint density at radius 1 is 1.18 bits per heavy atom. The van der Waals surface area contributed by atoms with E-state index in [0.29, 0.717) is 16.6 Å². The van der Waals surface area contributed by atoms with Crippen LogP contribution in [0.3, 0.4) is 0 Å². The number of methoxy groups -OCH3 is 1. The number of anilines is 1. The van der Waals surface area contributed by atoms with Crippen molar-refractivity contribution in [3.8, 4) is 0 Å². The summed E-state index contributed by atoms with van der Waals surface area (Å²) in [4.78, 5) is 55.6. The lowest BCUT2D eigenvalue weighted by Crippen LogP contribution is -2.29. The minimum atomic E-state index is -0.958. The molecular weight excluding hydrogens is 462 g/mol. The normalized spacial score (nSPS) is 14.9. The summed E-state index contributed by atoms with van der Waals surface area (Å²) >= 11 is 0.948. The van der Waals surface area contributed by atoms with Crippen molar-refractivity contribution in [1.29, 1.82) is 0 Å². The molecule has 1 amide bonds. The summed E-state index contributed by atoms with van der Waals surface area (Å²) in [7, 11) is 1.24. The van der Waals surface area contributed by atoms with Gasteiger partial charge in [-0.25, -0.2) is 9.78 Å². The maximum absolute atomic E-state index is 13.5. The van der Waals surface area contributed by atoms with E-state index in [4.69, 9.17) is 9.15 Å². The SMILES string of the molecule is COC(=O)c1sc(N2C(=O)c3oc4ccccc4c(=O)c3C2c2ccc([N+](=O)[O-])cc2)nc1C. The van der Waals surface area contributed by atoms with Crippen LogP contribution >= 0.6 is 11.3 Å². The van der Waals surface area contributed by atoms with Gasteiger partial charge in [0.25, 0.3) is 11.6 Å². The number of thiazole rings is 1. The number of nitrogens with zero attached hydrogens (tertiary/aromatic N) is 3. The van der Waals surface area contributed by atoms with Crippen LogP contribution in [-0.2, 0) is 4.74 Å². The van der Waals surface area contributed by atoms with Crippen LogP contribution in [0.4, 0.5) is 10.8 Å². The molecule has 11 heteroatoms. The van der Waals surface area contributed by atoms with E-state index in [2.05, 4.69) is 4.98 Å². The number of aryl methyl sites for hydroxylation is 1. The second-order valence-corrected chi connectivity index (χ2v) is 8.48.